The van der Waals surface area contributed by atoms with Crippen molar-refractivity contribution < 1.29 is 9.53 Å². The summed E-state index contributed by atoms with van der Waals surface area (Å²) in [4.78, 5) is 13.8. The molecule has 15 heavy (non-hydrogen) atoms. The molecule has 1 aliphatic rings. The predicted octanol–water partition coefficient (Wildman–Crippen LogP) is 1.57. The quantitative estimate of drug-likeness (QED) is 0.694. The molecule has 1 fully saturated rings. The van der Waals surface area contributed by atoms with Crippen molar-refractivity contribution in [3.05, 3.63) is 0 Å². The molecule has 0 saturated carbocycles. The van der Waals surface area contributed by atoms with E-state index >= 15 is 0 Å². The van der Waals surface area contributed by atoms with Crippen LogP contribution in [-0.4, -0.2) is 44.0 Å². The lowest BCUT2D eigenvalue weighted by Gasteiger charge is -2.26. The highest BCUT2D eigenvalue weighted by atomic mass is 16.5. The minimum atomic E-state index is 0.107. The molecule has 3 nitrogen and oxygen atoms in total. The Hall–Kier alpha value is -0.410. The largest absolute Gasteiger partial charge is 0.380 e. The van der Waals surface area contributed by atoms with Gasteiger partial charge in [-0.05, 0) is 25.9 Å². The van der Waals surface area contributed by atoms with E-state index in [9.17, 15) is 4.79 Å². The maximum absolute atomic E-state index is 11.6. The van der Waals surface area contributed by atoms with Crippen LogP contribution >= 0.6 is 0 Å². The third-order valence-corrected chi connectivity index (χ3v) is 2.89. The summed E-state index contributed by atoms with van der Waals surface area (Å²) in [6.07, 6.45) is 1.79. The maximum Gasteiger partial charge on any atom is 0.141 e. The molecule has 0 radical (unpaired) electrons. The Balaban J connectivity index is 2.23. The van der Waals surface area contributed by atoms with E-state index in [1.807, 2.05) is 0 Å². The van der Waals surface area contributed by atoms with Crippen molar-refractivity contribution in [3.8, 4) is 0 Å². The van der Waals surface area contributed by atoms with Crippen LogP contribution in [0.1, 0.15) is 26.7 Å². The molecule has 3 heteroatoms. The Morgan fingerprint density at radius 3 is 2.87 bits per heavy atom. The highest BCUT2D eigenvalue weighted by Crippen LogP contribution is 2.11. The minimum absolute atomic E-state index is 0.107. The third-order valence-electron chi connectivity index (χ3n) is 2.89. The Morgan fingerprint density at radius 2 is 2.27 bits per heavy atom. The smallest absolute Gasteiger partial charge is 0.141 e. The van der Waals surface area contributed by atoms with Crippen LogP contribution in [0.5, 0.6) is 0 Å². The zero-order valence-corrected chi connectivity index (χ0v) is 10.2. The number of hydrogen-bond acceptors (Lipinski definition) is 3. The summed E-state index contributed by atoms with van der Waals surface area (Å²) < 4.78 is 5.33. The van der Waals surface area contributed by atoms with Crippen LogP contribution in [0.25, 0.3) is 0 Å². The fourth-order valence-electron chi connectivity index (χ4n) is 1.80. The number of rotatable bonds is 5. The SMILES string of the molecule is CC(C)CCN(C)CC1COCCC1=O. The van der Waals surface area contributed by atoms with Crippen molar-refractivity contribution in [2.45, 2.75) is 26.7 Å². The van der Waals surface area contributed by atoms with Gasteiger partial charge in [-0.25, -0.2) is 0 Å². The normalized spacial score (nSPS) is 22.7. The second kappa shape index (κ2) is 6.23. The van der Waals surface area contributed by atoms with Gasteiger partial charge in [0.15, 0.2) is 0 Å². The van der Waals surface area contributed by atoms with Gasteiger partial charge < -0.3 is 9.64 Å². The van der Waals surface area contributed by atoms with Gasteiger partial charge in [-0.15, -0.1) is 0 Å². The number of ether oxygens (including phenoxy) is 1. The van der Waals surface area contributed by atoms with Crippen molar-refractivity contribution in [2.75, 3.05) is 33.4 Å². The number of Topliss-reactive ketones (excluding diaryl/α,β-unsaturated/α-hetero) is 1. The zero-order valence-electron chi connectivity index (χ0n) is 10.2. The second-order valence-electron chi connectivity index (χ2n) is 4.93. The molecule has 1 aliphatic heterocycles. The van der Waals surface area contributed by atoms with Gasteiger partial charge in [0.05, 0.1) is 19.1 Å². The van der Waals surface area contributed by atoms with E-state index in [2.05, 4.69) is 25.8 Å². The lowest BCUT2D eigenvalue weighted by molar-refractivity contribution is -0.131. The van der Waals surface area contributed by atoms with Crippen molar-refractivity contribution >= 4 is 5.78 Å². The summed E-state index contributed by atoms with van der Waals surface area (Å²) in [6, 6.07) is 0. The average Bonchev–Trinajstić information content (AvgIpc) is 2.18. The van der Waals surface area contributed by atoms with Crippen molar-refractivity contribution in [1.82, 2.24) is 4.90 Å². The van der Waals surface area contributed by atoms with E-state index in [1.54, 1.807) is 0 Å². The van der Waals surface area contributed by atoms with Crippen molar-refractivity contribution in [2.24, 2.45) is 11.8 Å². The van der Waals surface area contributed by atoms with E-state index in [0.717, 1.165) is 19.0 Å². The Kier molecular flexibility index (Phi) is 5.26. The first-order chi connectivity index (χ1) is 7.09. The van der Waals surface area contributed by atoms with E-state index in [-0.39, 0.29) is 5.92 Å². The molecule has 1 saturated heterocycles. The van der Waals surface area contributed by atoms with Crippen LogP contribution in [0.15, 0.2) is 0 Å². The van der Waals surface area contributed by atoms with Crippen molar-refractivity contribution in [1.29, 1.82) is 0 Å². The van der Waals surface area contributed by atoms with Crippen LogP contribution < -0.4 is 0 Å². The molecule has 0 amide bonds. The molecule has 0 spiro atoms. The highest BCUT2D eigenvalue weighted by molar-refractivity contribution is 5.81. The van der Waals surface area contributed by atoms with E-state index in [4.69, 9.17) is 4.74 Å². The van der Waals surface area contributed by atoms with Crippen LogP contribution in [0.3, 0.4) is 0 Å². The summed E-state index contributed by atoms with van der Waals surface area (Å²) in [5.74, 6) is 1.21. The molecular weight excluding hydrogens is 190 g/mol. The summed E-state index contributed by atoms with van der Waals surface area (Å²) in [7, 11) is 2.09. The van der Waals surface area contributed by atoms with Gasteiger partial charge in [-0.1, -0.05) is 13.8 Å². The van der Waals surface area contributed by atoms with Gasteiger partial charge in [-0.2, -0.15) is 0 Å². The summed E-state index contributed by atoms with van der Waals surface area (Å²) >= 11 is 0. The lowest BCUT2D eigenvalue weighted by Crippen LogP contribution is -2.37. The predicted molar refractivity (Wildman–Crippen MR) is 60.9 cm³/mol. The number of carbonyl (C=O) groups excluding carboxylic acids is 1. The molecule has 88 valence electrons. The molecular formula is C12H23NO2. The van der Waals surface area contributed by atoms with Crippen LogP contribution in [0, 0.1) is 11.8 Å². The molecule has 0 aromatic heterocycles. The molecule has 0 N–H and O–H groups in total. The molecule has 1 rings (SSSR count). The number of ketones is 1. The first-order valence-corrected chi connectivity index (χ1v) is 5.88. The maximum atomic E-state index is 11.6. The molecule has 1 unspecified atom stereocenters. The molecule has 0 aromatic carbocycles. The third kappa shape index (κ3) is 4.76. The first-order valence-electron chi connectivity index (χ1n) is 5.88. The standard InChI is InChI=1S/C12H23NO2/c1-10(2)4-6-13(3)8-11-9-15-7-5-12(11)14/h10-11H,4-9H2,1-3H3. The zero-order chi connectivity index (χ0) is 11.3. The summed E-state index contributed by atoms with van der Waals surface area (Å²) in [5.41, 5.74) is 0. The monoisotopic (exact) mass is 213 g/mol. The van der Waals surface area contributed by atoms with Gasteiger partial charge in [0.1, 0.15) is 5.78 Å². The fraction of sp³-hybridized carbons (Fsp3) is 0.917. The Labute approximate surface area is 92.8 Å². The van der Waals surface area contributed by atoms with E-state index < -0.39 is 0 Å². The molecule has 1 heterocycles. The first kappa shape index (κ1) is 12.7. The summed E-state index contributed by atoms with van der Waals surface area (Å²) in [5, 5.41) is 0. The number of hydrogen-bond donors (Lipinski definition) is 0. The fourth-order valence-corrected chi connectivity index (χ4v) is 1.80. The van der Waals surface area contributed by atoms with Crippen LogP contribution in [-0.2, 0) is 9.53 Å². The highest BCUT2D eigenvalue weighted by Gasteiger charge is 2.23. The average molecular weight is 213 g/mol. The Morgan fingerprint density at radius 1 is 1.53 bits per heavy atom. The molecule has 0 aliphatic carbocycles. The van der Waals surface area contributed by atoms with Gasteiger partial charge in [0, 0.05) is 13.0 Å². The van der Waals surface area contributed by atoms with Gasteiger partial charge in [0.25, 0.3) is 0 Å². The number of nitrogens with zero attached hydrogens (tertiary/aromatic N) is 1. The Bertz CT molecular complexity index is 204. The van der Waals surface area contributed by atoms with Crippen molar-refractivity contribution in [3.63, 3.8) is 0 Å². The molecule has 1 atom stereocenters. The van der Waals surface area contributed by atoms with Gasteiger partial charge in [-0.3, -0.25) is 4.79 Å². The molecule has 0 aromatic rings. The number of carbonyl (C=O) groups is 1. The van der Waals surface area contributed by atoms with Crippen LogP contribution in [0.4, 0.5) is 0 Å². The van der Waals surface area contributed by atoms with E-state index in [0.29, 0.717) is 25.4 Å². The van der Waals surface area contributed by atoms with E-state index in [1.165, 1.54) is 6.42 Å². The lowest BCUT2D eigenvalue weighted by atomic mass is 10.00. The minimum Gasteiger partial charge on any atom is -0.380 e. The summed E-state index contributed by atoms with van der Waals surface area (Å²) in [6.45, 7) is 7.61. The van der Waals surface area contributed by atoms with Gasteiger partial charge in [0.2, 0.25) is 0 Å². The van der Waals surface area contributed by atoms with Gasteiger partial charge >= 0.3 is 0 Å². The topological polar surface area (TPSA) is 29.5 Å². The molecule has 0 bridgehead atoms. The van der Waals surface area contributed by atoms with Crippen LogP contribution in [0.2, 0.25) is 0 Å². The second-order valence-corrected chi connectivity index (χ2v) is 4.93.